The fourth-order valence-electron chi connectivity index (χ4n) is 3.53. The molecule has 0 amide bonds. The SMILES string of the molecule is COc1ccc(OC)c(-c2cc(-c3ccc(OCc4ccccc4)cc3)c(C#N)c(N)n2)c1. The van der Waals surface area contributed by atoms with Crippen LogP contribution in [0.5, 0.6) is 17.2 Å². The Labute approximate surface area is 192 Å². The number of hydrogen-bond donors (Lipinski definition) is 1. The van der Waals surface area contributed by atoms with E-state index in [2.05, 4.69) is 11.1 Å². The molecule has 164 valence electrons. The second-order valence-corrected chi connectivity index (χ2v) is 7.29. The standard InChI is InChI=1S/C27H23N3O3/c1-31-21-12-13-26(32-2)23(14-21)25-15-22(24(16-28)27(29)30-25)19-8-10-20(11-9-19)33-17-18-6-4-3-5-7-18/h3-15H,17H2,1-2H3,(H2,29,30). The van der Waals surface area contributed by atoms with Gasteiger partial charge in [0.25, 0.3) is 0 Å². The lowest BCUT2D eigenvalue weighted by Crippen LogP contribution is -2.01. The van der Waals surface area contributed by atoms with Crippen LogP contribution in [0.2, 0.25) is 0 Å². The molecule has 0 fully saturated rings. The summed E-state index contributed by atoms with van der Waals surface area (Å²) < 4.78 is 16.7. The van der Waals surface area contributed by atoms with Crippen molar-refractivity contribution in [1.82, 2.24) is 4.98 Å². The van der Waals surface area contributed by atoms with Crippen LogP contribution in [-0.2, 0) is 6.61 Å². The first-order valence-corrected chi connectivity index (χ1v) is 10.3. The van der Waals surface area contributed by atoms with Gasteiger partial charge in [0.1, 0.15) is 41.3 Å². The van der Waals surface area contributed by atoms with Gasteiger partial charge in [-0.15, -0.1) is 0 Å². The van der Waals surface area contributed by atoms with Crippen LogP contribution in [0, 0.1) is 11.3 Å². The molecule has 0 aliphatic rings. The molecule has 1 aromatic heterocycles. The van der Waals surface area contributed by atoms with Crippen molar-refractivity contribution >= 4 is 5.82 Å². The van der Waals surface area contributed by atoms with Gasteiger partial charge in [0.2, 0.25) is 0 Å². The van der Waals surface area contributed by atoms with E-state index in [1.807, 2.05) is 78.9 Å². The molecule has 0 unspecified atom stereocenters. The summed E-state index contributed by atoms with van der Waals surface area (Å²) in [5.41, 5.74) is 10.4. The van der Waals surface area contributed by atoms with Crippen molar-refractivity contribution in [2.45, 2.75) is 6.61 Å². The van der Waals surface area contributed by atoms with Crippen molar-refractivity contribution in [1.29, 1.82) is 5.26 Å². The summed E-state index contributed by atoms with van der Waals surface area (Å²) in [6.07, 6.45) is 0. The average Bonchev–Trinajstić information content (AvgIpc) is 2.87. The highest BCUT2D eigenvalue weighted by molar-refractivity contribution is 5.82. The average molecular weight is 437 g/mol. The molecule has 0 aliphatic carbocycles. The topological polar surface area (TPSA) is 90.4 Å². The monoisotopic (exact) mass is 437 g/mol. The van der Waals surface area contributed by atoms with Gasteiger partial charge in [0, 0.05) is 11.1 Å². The first kappa shape index (κ1) is 21.7. The maximum absolute atomic E-state index is 9.73. The van der Waals surface area contributed by atoms with Gasteiger partial charge in [-0.05, 0) is 47.5 Å². The van der Waals surface area contributed by atoms with Gasteiger partial charge in [-0.3, -0.25) is 0 Å². The minimum atomic E-state index is 0.152. The van der Waals surface area contributed by atoms with Gasteiger partial charge >= 0.3 is 0 Å². The molecule has 6 heteroatoms. The smallest absolute Gasteiger partial charge is 0.142 e. The molecule has 0 saturated heterocycles. The van der Waals surface area contributed by atoms with E-state index in [4.69, 9.17) is 19.9 Å². The third-order valence-corrected chi connectivity index (χ3v) is 5.26. The summed E-state index contributed by atoms with van der Waals surface area (Å²) in [4.78, 5) is 4.46. The molecule has 4 rings (SSSR count). The molecule has 0 saturated carbocycles. The lowest BCUT2D eigenvalue weighted by atomic mass is 9.98. The molecule has 2 N–H and O–H groups in total. The van der Waals surface area contributed by atoms with Gasteiger partial charge in [-0.2, -0.15) is 5.26 Å². The summed E-state index contributed by atoms with van der Waals surface area (Å²) in [6, 6.07) is 27.0. The number of benzene rings is 3. The Morgan fingerprint density at radius 1 is 0.848 bits per heavy atom. The summed E-state index contributed by atoms with van der Waals surface area (Å²) in [7, 11) is 3.19. The number of ether oxygens (including phenoxy) is 3. The maximum Gasteiger partial charge on any atom is 0.142 e. The number of pyridine rings is 1. The third kappa shape index (κ3) is 4.73. The van der Waals surface area contributed by atoms with Crippen molar-refractivity contribution in [2.24, 2.45) is 0 Å². The summed E-state index contributed by atoms with van der Waals surface area (Å²) >= 11 is 0. The molecule has 0 bridgehead atoms. The predicted molar refractivity (Wildman–Crippen MR) is 128 cm³/mol. The molecule has 0 atom stereocenters. The van der Waals surface area contributed by atoms with E-state index in [-0.39, 0.29) is 5.82 Å². The van der Waals surface area contributed by atoms with E-state index in [0.29, 0.717) is 34.9 Å². The number of methoxy groups -OCH3 is 2. The van der Waals surface area contributed by atoms with Crippen LogP contribution < -0.4 is 19.9 Å². The van der Waals surface area contributed by atoms with Gasteiger partial charge in [0.15, 0.2) is 0 Å². The number of nitriles is 1. The maximum atomic E-state index is 9.73. The first-order valence-electron chi connectivity index (χ1n) is 10.3. The Morgan fingerprint density at radius 3 is 2.24 bits per heavy atom. The van der Waals surface area contributed by atoms with Crippen LogP contribution in [0.25, 0.3) is 22.4 Å². The van der Waals surface area contributed by atoms with Crippen LogP contribution >= 0.6 is 0 Å². The quantitative estimate of drug-likeness (QED) is 0.413. The van der Waals surface area contributed by atoms with Crippen LogP contribution in [0.3, 0.4) is 0 Å². The number of aromatic nitrogens is 1. The summed E-state index contributed by atoms with van der Waals surface area (Å²) in [5, 5.41) is 9.73. The van der Waals surface area contributed by atoms with Crippen LogP contribution in [0.1, 0.15) is 11.1 Å². The fourth-order valence-corrected chi connectivity index (χ4v) is 3.53. The second-order valence-electron chi connectivity index (χ2n) is 7.29. The minimum absolute atomic E-state index is 0.152. The van der Waals surface area contributed by atoms with Crippen molar-refractivity contribution in [2.75, 3.05) is 20.0 Å². The zero-order chi connectivity index (χ0) is 23.2. The zero-order valence-corrected chi connectivity index (χ0v) is 18.4. The van der Waals surface area contributed by atoms with E-state index in [0.717, 1.165) is 22.4 Å². The number of rotatable bonds is 7. The molecular formula is C27H23N3O3. The second kappa shape index (κ2) is 9.75. The lowest BCUT2D eigenvalue weighted by molar-refractivity contribution is 0.306. The molecular weight excluding hydrogens is 414 g/mol. The molecule has 0 aliphatic heterocycles. The highest BCUT2D eigenvalue weighted by Crippen LogP contribution is 2.37. The van der Waals surface area contributed by atoms with E-state index in [1.54, 1.807) is 14.2 Å². The van der Waals surface area contributed by atoms with Gasteiger partial charge < -0.3 is 19.9 Å². The molecule has 4 aromatic rings. The zero-order valence-electron chi connectivity index (χ0n) is 18.4. The predicted octanol–water partition coefficient (Wildman–Crippen LogP) is 5.47. The van der Waals surface area contributed by atoms with Crippen LogP contribution in [0.15, 0.2) is 78.9 Å². The Morgan fingerprint density at radius 2 is 1.58 bits per heavy atom. The summed E-state index contributed by atoms with van der Waals surface area (Å²) in [6.45, 7) is 0.478. The Hall–Kier alpha value is -4.50. The number of nitrogens with two attached hydrogens (primary N) is 1. The van der Waals surface area contributed by atoms with Crippen molar-refractivity contribution in [3.63, 3.8) is 0 Å². The van der Waals surface area contributed by atoms with Crippen LogP contribution in [-0.4, -0.2) is 19.2 Å². The highest BCUT2D eigenvalue weighted by Gasteiger charge is 2.16. The van der Waals surface area contributed by atoms with E-state index in [1.165, 1.54) is 0 Å². The lowest BCUT2D eigenvalue weighted by Gasteiger charge is -2.14. The van der Waals surface area contributed by atoms with E-state index >= 15 is 0 Å². The number of nitrogen functional groups attached to an aromatic ring is 1. The van der Waals surface area contributed by atoms with Crippen molar-refractivity contribution in [3.8, 4) is 45.7 Å². The van der Waals surface area contributed by atoms with E-state index in [9.17, 15) is 5.26 Å². The van der Waals surface area contributed by atoms with Gasteiger partial charge in [-0.25, -0.2) is 4.98 Å². The minimum Gasteiger partial charge on any atom is -0.497 e. The van der Waals surface area contributed by atoms with Crippen molar-refractivity contribution < 1.29 is 14.2 Å². The normalized spacial score (nSPS) is 10.3. The molecule has 0 radical (unpaired) electrons. The highest BCUT2D eigenvalue weighted by atomic mass is 16.5. The number of hydrogen-bond acceptors (Lipinski definition) is 6. The Kier molecular flexibility index (Phi) is 6.42. The van der Waals surface area contributed by atoms with E-state index < -0.39 is 0 Å². The summed E-state index contributed by atoms with van der Waals surface area (Å²) in [5.74, 6) is 2.18. The fraction of sp³-hybridized carbons (Fsp3) is 0.111. The molecule has 0 spiro atoms. The van der Waals surface area contributed by atoms with Gasteiger partial charge in [0.05, 0.1) is 19.9 Å². The third-order valence-electron chi connectivity index (χ3n) is 5.26. The number of anilines is 1. The molecule has 6 nitrogen and oxygen atoms in total. The van der Waals surface area contributed by atoms with Gasteiger partial charge in [-0.1, -0.05) is 42.5 Å². The number of nitrogens with zero attached hydrogens (tertiary/aromatic N) is 2. The van der Waals surface area contributed by atoms with Crippen LogP contribution in [0.4, 0.5) is 5.82 Å². The Balaban J connectivity index is 1.69. The Bertz CT molecular complexity index is 1300. The van der Waals surface area contributed by atoms with Crippen molar-refractivity contribution in [3.05, 3.63) is 90.0 Å². The first-order chi connectivity index (χ1) is 16.1. The largest absolute Gasteiger partial charge is 0.497 e. The molecule has 1 heterocycles. The molecule has 3 aromatic carbocycles. The molecule has 33 heavy (non-hydrogen) atoms.